The molecule has 1 aliphatic rings. The number of rotatable bonds is 4. The Morgan fingerprint density at radius 2 is 1.69 bits per heavy atom. The largest absolute Gasteiger partial charge is 0.496 e. The normalized spacial score (nSPS) is 15.9. The van der Waals surface area contributed by atoms with Crippen LogP contribution in [0, 0.1) is 0 Å². The second-order valence-electron chi connectivity index (χ2n) is 8.03. The van der Waals surface area contributed by atoms with Crippen molar-refractivity contribution in [3.8, 4) is 5.75 Å². The smallest absolute Gasteiger partial charge is 0.414 e. The molecule has 154 valence electrons. The Hall–Kier alpha value is -2.32. The van der Waals surface area contributed by atoms with Crippen LogP contribution in [0.1, 0.15) is 40.0 Å². The summed E-state index contributed by atoms with van der Waals surface area (Å²) in [5.41, 5.74) is 0.497. The number of nitrogens with zero attached hydrogens (tertiary/aromatic N) is 1. The molecule has 0 bridgehead atoms. The summed E-state index contributed by atoms with van der Waals surface area (Å²) >= 11 is 0. The van der Waals surface area contributed by atoms with Crippen LogP contribution >= 0.6 is 7.92 Å². The van der Waals surface area contributed by atoms with Gasteiger partial charge in [0.15, 0.2) is 0 Å². The molecular weight excluding hydrogens is 381 g/mol. The van der Waals surface area contributed by atoms with Gasteiger partial charge in [-0.2, -0.15) is 0 Å². The molecule has 1 unspecified atom stereocenters. The first kappa shape index (κ1) is 21.4. The number of ether oxygens (including phenoxy) is 2. The molecule has 0 aliphatic carbocycles. The average molecular weight is 411 g/mol. The first-order valence-electron chi connectivity index (χ1n) is 10.1. The first-order valence-corrected chi connectivity index (χ1v) is 11.4. The van der Waals surface area contributed by atoms with Crippen molar-refractivity contribution in [2.75, 3.05) is 13.7 Å². The molecule has 0 radical (unpaired) electrons. The zero-order chi connectivity index (χ0) is 20.9. The number of carbonyl (C=O) groups is 1. The summed E-state index contributed by atoms with van der Waals surface area (Å²) in [6.07, 6.45) is 4.93. The molecular formula is C24H30NO3P. The third kappa shape index (κ3) is 5.39. The molecule has 2 aromatic rings. The maximum Gasteiger partial charge on any atom is 0.414 e. The standard InChI is InChI=1S/C24H30NO3P/c1-24(2,3)28-23(26)25-18-12-6-9-17-22(25)29(19-13-7-5-8-14-19)21-16-11-10-15-20(21)27-4/h5,7-8,10-11,13-17H,6,9,12,18H2,1-4H3. The van der Waals surface area contributed by atoms with Crippen LogP contribution in [-0.4, -0.2) is 30.2 Å². The van der Waals surface area contributed by atoms with Crippen LogP contribution in [0.3, 0.4) is 0 Å². The van der Waals surface area contributed by atoms with Gasteiger partial charge in [-0.15, -0.1) is 0 Å². The van der Waals surface area contributed by atoms with E-state index in [9.17, 15) is 4.79 Å². The monoisotopic (exact) mass is 411 g/mol. The van der Waals surface area contributed by atoms with Crippen LogP contribution in [0.5, 0.6) is 5.75 Å². The Balaban J connectivity index is 2.11. The fourth-order valence-electron chi connectivity index (χ4n) is 3.37. The Kier molecular flexibility index (Phi) is 6.97. The molecule has 1 aliphatic heterocycles. The Morgan fingerprint density at radius 1 is 1.00 bits per heavy atom. The van der Waals surface area contributed by atoms with Gasteiger partial charge in [0, 0.05) is 19.8 Å². The molecule has 0 fully saturated rings. The molecule has 5 heteroatoms. The highest BCUT2D eigenvalue weighted by molar-refractivity contribution is 7.76. The Morgan fingerprint density at radius 3 is 2.38 bits per heavy atom. The van der Waals surface area contributed by atoms with E-state index in [4.69, 9.17) is 9.47 Å². The summed E-state index contributed by atoms with van der Waals surface area (Å²) in [6, 6.07) is 18.5. The minimum absolute atomic E-state index is 0.274. The minimum atomic E-state index is -0.965. The van der Waals surface area contributed by atoms with Crippen LogP contribution in [-0.2, 0) is 4.74 Å². The van der Waals surface area contributed by atoms with Gasteiger partial charge in [-0.05, 0) is 51.4 Å². The van der Waals surface area contributed by atoms with Gasteiger partial charge >= 0.3 is 6.09 Å². The van der Waals surface area contributed by atoms with Crippen LogP contribution in [0.15, 0.2) is 66.1 Å². The topological polar surface area (TPSA) is 38.8 Å². The molecule has 4 nitrogen and oxygen atoms in total. The molecule has 3 rings (SSSR count). The molecule has 0 saturated heterocycles. The van der Waals surface area contributed by atoms with E-state index in [0.29, 0.717) is 6.54 Å². The summed E-state index contributed by atoms with van der Waals surface area (Å²) in [5.74, 6) is 0.844. The lowest BCUT2D eigenvalue weighted by Crippen LogP contribution is -2.37. The van der Waals surface area contributed by atoms with Crippen molar-refractivity contribution in [1.29, 1.82) is 0 Å². The van der Waals surface area contributed by atoms with Crippen LogP contribution in [0.2, 0.25) is 0 Å². The summed E-state index contributed by atoms with van der Waals surface area (Å²) in [7, 11) is 0.734. The minimum Gasteiger partial charge on any atom is -0.496 e. The molecule has 0 saturated carbocycles. The molecule has 0 N–H and O–H groups in total. The number of benzene rings is 2. The van der Waals surface area contributed by atoms with Gasteiger partial charge in [0.25, 0.3) is 0 Å². The number of para-hydroxylation sites is 1. The molecule has 1 amide bonds. The summed E-state index contributed by atoms with van der Waals surface area (Å²) in [5, 5.41) is 2.30. The number of carbonyl (C=O) groups excluding carboxylic acids is 1. The highest BCUT2D eigenvalue weighted by Crippen LogP contribution is 2.48. The second-order valence-corrected chi connectivity index (χ2v) is 10.2. The molecule has 1 atom stereocenters. The Labute approximate surface area is 175 Å². The lowest BCUT2D eigenvalue weighted by molar-refractivity contribution is 0.0328. The van der Waals surface area contributed by atoms with E-state index in [1.165, 1.54) is 5.30 Å². The maximum atomic E-state index is 13.1. The number of amides is 1. The van der Waals surface area contributed by atoms with Crippen molar-refractivity contribution in [3.63, 3.8) is 0 Å². The van der Waals surface area contributed by atoms with Gasteiger partial charge in [0.2, 0.25) is 0 Å². The van der Waals surface area contributed by atoms with Crippen molar-refractivity contribution >= 4 is 24.6 Å². The fraction of sp³-hybridized carbons (Fsp3) is 0.375. The predicted octanol–water partition coefficient (Wildman–Crippen LogP) is 5.39. The highest BCUT2D eigenvalue weighted by atomic mass is 31.1. The van der Waals surface area contributed by atoms with Crippen molar-refractivity contribution in [3.05, 3.63) is 66.1 Å². The lowest BCUT2D eigenvalue weighted by atomic mass is 10.2. The van der Waals surface area contributed by atoms with Gasteiger partial charge in [-0.1, -0.05) is 54.6 Å². The molecule has 29 heavy (non-hydrogen) atoms. The number of methoxy groups -OCH3 is 1. The number of allylic oxidation sites excluding steroid dienone is 1. The lowest BCUT2D eigenvalue weighted by Gasteiger charge is -2.33. The average Bonchev–Trinajstić information content (AvgIpc) is 2.94. The van der Waals surface area contributed by atoms with Gasteiger partial charge in [0.05, 0.1) is 12.5 Å². The van der Waals surface area contributed by atoms with E-state index in [2.05, 4.69) is 36.4 Å². The predicted molar refractivity (Wildman–Crippen MR) is 120 cm³/mol. The van der Waals surface area contributed by atoms with E-state index in [0.717, 1.165) is 35.8 Å². The van der Waals surface area contributed by atoms with Crippen molar-refractivity contribution in [1.82, 2.24) is 4.90 Å². The maximum absolute atomic E-state index is 13.1. The van der Waals surface area contributed by atoms with Gasteiger partial charge < -0.3 is 9.47 Å². The molecule has 2 aromatic carbocycles. The second kappa shape index (κ2) is 9.45. The van der Waals surface area contributed by atoms with Crippen molar-refractivity contribution in [2.45, 2.75) is 45.6 Å². The zero-order valence-electron chi connectivity index (χ0n) is 17.7. The van der Waals surface area contributed by atoms with E-state index >= 15 is 0 Å². The van der Waals surface area contributed by atoms with Crippen LogP contribution < -0.4 is 15.3 Å². The van der Waals surface area contributed by atoms with Crippen LogP contribution in [0.25, 0.3) is 0 Å². The molecule has 0 spiro atoms. The van der Waals surface area contributed by atoms with Gasteiger partial charge in [-0.25, -0.2) is 4.79 Å². The summed E-state index contributed by atoms with van der Waals surface area (Å²) < 4.78 is 11.5. The van der Waals surface area contributed by atoms with Gasteiger partial charge in [0.1, 0.15) is 11.4 Å². The molecule has 0 aromatic heterocycles. The van der Waals surface area contributed by atoms with Crippen molar-refractivity contribution in [2.24, 2.45) is 0 Å². The number of hydrogen-bond acceptors (Lipinski definition) is 3. The van der Waals surface area contributed by atoms with E-state index in [1.54, 1.807) is 7.11 Å². The summed E-state index contributed by atoms with van der Waals surface area (Å²) in [4.78, 5) is 15.0. The zero-order valence-corrected chi connectivity index (χ0v) is 18.6. The molecule has 1 heterocycles. The first-order chi connectivity index (χ1) is 13.9. The van der Waals surface area contributed by atoms with Crippen molar-refractivity contribution < 1.29 is 14.3 Å². The van der Waals surface area contributed by atoms with Crippen LogP contribution in [0.4, 0.5) is 4.79 Å². The fourth-order valence-corrected chi connectivity index (χ4v) is 5.99. The third-order valence-corrected chi connectivity index (χ3v) is 7.17. The van der Waals surface area contributed by atoms with E-state index < -0.39 is 13.5 Å². The third-order valence-electron chi connectivity index (χ3n) is 4.62. The number of hydrogen-bond donors (Lipinski definition) is 0. The quantitative estimate of drug-likeness (QED) is 0.633. The van der Waals surface area contributed by atoms with E-state index in [-0.39, 0.29) is 6.09 Å². The SMILES string of the molecule is COc1ccccc1P(C1=CCCCCN1C(=O)OC(C)(C)C)c1ccccc1. The highest BCUT2D eigenvalue weighted by Gasteiger charge is 2.32. The van der Waals surface area contributed by atoms with Gasteiger partial charge in [-0.3, -0.25) is 4.90 Å². The Bertz CT molecular complexity index is 858. The summed E-state index contributed by atoms with van der Waals surface area (Å²) in [6.45, 7) is 6.40. The van der Waals surface area contributed by atoms with E-state index in [1.807, 2.05) is 49.9 Å².